The first-order valence-electron chi connectivity index (χ1n) is 8.97. The van der Waals surface area contributed by atoms with E-state index in [9.17, 15) is 14.0 Å². The van der Waals surface area contributed by atoms with Crippen molar-refractivity contribution in [3.63, 3.8) is 0 Å². The number of benzene rings is 3. The van der Waals surface area contributed by atoms with Crippen molar-refractivity contribution in [2.45, 2.75) is 13.5 Å². The number of ether oxygens (including phenoxy) is 1. The first-order valence-corrected chi connectivity index (χ1v) is 8.97. The van der Waals surface area contributed by atoms with Gasteiger partial charge in [-0.25, -0.2) is 4.39 Å². The normalized spacial score (nSPS) is 10.4. The summed E-state index contributed by atoms with van der Waals surface area (Å²) >= 11 is 0. The lowest BCUT2D eigenvalue weighted by molar-refractivity contribution is 0.0939. The van der Waals surface area contributed by atoms with Crippen LogP contribution in [0.25, 0.3) is 0 Å². The molecule has 1 amide bonds. The van der Waals surface area contributed by atoms with Crippen LogP contribution in [0.1, 0.15) is 38.8 Å². The molecule has 0 atom stereocenters. The lowest BCUT2D eigenvalue weighted by Gasteiger charge is -2.11. The van der Waals surface area contributed by atoms with Crippen LogP contribution in [0.4, 0.5) is 4.39 Å². The van der Waals surface area contributed by atoms with Crippen molar-refractivity contribution in [1.82, 2.24) is 5.32 Å². The van der Waals surface area contributed by atoms with Crippen LogP contribution in [0.2, 0.25) is 0 Å². The SMILES string of the molecule is CCOc1cccc(CNC(=O)c2ccccc2C(=O)c2ccc(F)cc2)c1. The Morgan fingerprint density at radius 3 is 2.36 bits per heavy atom. The summed E-state index contributed by atoms with van der Waals surface area (Å²) in [5, 5.41) is 2.83. The third-order valence-corrected chi connectivity index (χ3v) is 4.19. The van der Waals surface area contributed by atoms with Gasteiger partial charge in [0.1, 0.15) is 11.6 Å². The molecule has 3 aromatic rings. The molecule has 0 bridgehead atoms. The highest BCUT2D eigenvalue weighted by molar-refractivity contribution is 6.15. The minimum Gasteiger partial charge on any atom is -0.494 e. The number of rotatable bonds is 7. The molecule has 0 unspecified atom stereocenters. The van der Waals surface area contributed by atoms with Crippen LogP contribution in [0.15, 0.2) is 72.8 Å². The first kappa shape index (κ1) is 19.3. The van der Waals surface area contributed by atoms with Crippen molar-refractivity contribution in [2.75, 3.05) is 6.61 Å². The molecule has 0 aromatic heterocycles. The van der Waals surface area contributed by atoms with Gasteiger partial charge in [0.15, 0.2) is 5.78 Å². The maximum Gasteiger partial charge on any atom is 0.252 e. The van der Waals surface area contributed by atoms with E-state index in [4.69, 9.17) is 4.74 Å². The van der Waals surface area contributed by atoms with Gasteiger partial charge < -0.3 is 10.1 Å². The number of hydrogen-bond donors (Lipinski definition) is 1. The van der Waals surface area contributed by atoms with E-state index >= 15 is 0 Å². The summed E-state index contributed by atoms with van der Waals surface area (Å²) in [6, 6.07) is 19.3. The molecular formula is C23H20FNO3. The number of carbonyl (C=O) groups excluding carboxylic acids is 2. The molecule has 4 nitrogen and oxygen atoms in total. The molecule has 0 heterocycles. The summed E-state index contributed by atoms with van der Waals surface area (Å²) in [6.07, 6.45) is 0. The van der Waals surface area contributed by atoms with Crippen molar-refractivity contribution in [3.05, 3.63) is 101 Å². The summed E-state index contributed by atoms with van der Waals surface area (Å²) < 4.78 is 18.6. The number of amides is 1. The fraction of sp³-hybridized carbons (Fsp3) is 0.130. The van der Waals surface area contributed by atoms with Crippen molar-refractivity contribution in [1.29, 1.82) is 0 Å². The fourth-order valence-corrected chi connectivity index (χ4v) is 2.83. The average molecular weight is 377 g/mol. The van der Waals surface area contributed by atoms with Crippen LogP contribution in [0.3, 0.4) is 0 Å². The molecule has 0 saturated carbocycles. The second kappa shape index (κ2) is 8.95. The smallest absolute Gasteiger partial charge is 0.252 e. The molecule has 0 aliphatic carbocycles. The predicted octanol–water partition coefficient (Wildman–Crippen LogP) is 4.39. The molecular weight excluding hydrogens is 357 g/mol. The maximum atomic E-state index is 13.1. The van der Waals surface area contributed by atoms with Gasteiger partial charge in [0, 0.05) is 17.7 Å². The maximum absolute atomic E-state index is 13.1. The average Bonchev–Trinajstić information content (AvgIpc) is 2.72. The topological polar surface area (TPSA) is 55.4 Å². The lowest BCUT2D eigenvalue weighted by Crippen LogP contribution is -2.25. The molecule has 3 rings (SSSR count). The third-order valence-electron chi connectivity index (χ3n) is 4.19. The summed E-state index contributed by atoms with van der Waals surface area (Å²) in [5.74, 6) is -0.366. The molecule has 28 heavy (non-hydrogen) atoms. The quantitative estimate of drug-likeness (QED) is 0.622. The van der Waals surface area contributed by atoms with Crippen molar-refractivity contribution >= 4 is 11.7 Å². The summed E-state index contributed by atoms with van der Waals surface area (Å²) in [4.78, 5) is 25.4. The van der Waals surface area contributed by atoms with Gasteiger partial charge in [-0.05, 0) is 55.0 Å². The van der Waals surface area contributed by atoms with E-state index in [1.807, 2.05) is 31.2 Å². The van der Waals surface area contributed by atoms with E-state index in [0.717, 1.165) is 11.3 Å². The van der Waals surface area contributed by atoms with Crippen LogP contribution >= 0.6 is 0 Å². The standard InChI is InChI=1S/C23H20FNO3/c1-2-28-19-7-5-6-16(14-19)15-25-23(27)21-9-4-3-8-20(21)22(26)17-10-12-18(24)13-11-17/h3-14H,2,15H2,1H3,(H,25,27). The van der Waals surface area contributed by atoms with E-state index in [1.165, 1.54) is 24.3 Å². The Morgan fingerprint density at radius 1 is 0.929 bits per heavy atom. The second-order valence-corrected chi connectivity index (χ2v) is 6.14. The summed E-state index contributed by atoms with van der Waals surface area (Å²) in [5.41, 5.74) is 1.76. The second-order valence-electron chi connectivity index (χ2n) is 6.14. The molecule has 1 N–H and O–H groups in total. The van der Waals surface area contributed by atoms with Crippen LogP contribution in [-0.2, 0) is 6.54 Å². The van der Waals surface area contributed by atoms with Gasteiger partial charge in [-0.1, -0.05) is 30.3 Å². The van der Waals surface area contributed by atoms with Gasteiger partial charge in [0.25, 0.3) is 5.91 Å². The molecule has 5 heteroatoms. The van der Waals surface area contributed by atoms with E-state index in [-0.39, 0.29) is 22.8 Å². The minimum atomic E-state index is -0.420. The molecule has 0 radical (unpaired) electrons. The Kier molecular flexibility index (Phi) is 6.17. The molecule has 0 aliphatic heterocycles. The van der Waals surface area contributed by atoms with Gasteiger partial charge >= 0.3 is 0 Å². The van der Waals surface area contributed by atoms with Crippen LogP contribution in [0.5, 0.6) is 5.75 Å². The van der Waals surface area contributed by atoms with Crippen molar-refractivity contribution in [3.8, 4) is 5.75 Å². The molecule has 0 aliphatic rings. The number of nitrogens with one attached hydrogen (secondary N) is 1. The van der Waals surface area contributed by atoms with E-state index in [0.29, 0.717) is 18.7 Å². The molecule has 0 saturated heterocycles. The first-order chi connectivity index (χ1) is 13.6. The zero-order chi connectivity index (χ0) is 19.9. The highest BCUT2D eigenvalue weighted by Crippen LogP contribution is 2.17. The molecule has 3 aromatic carbocycles. The van der Waals surface area contributed by atoms with Gasteiger partial charge in [-0.2, -0.15) is 0 Å². The van der Waals surface area contributed by atoms with Crippen LogP contribution in [0, 0.1) is 5.82 Å². The third kappa shape index (κ3) is 4.62. The predicted molar refractivity (Wildman–Crippen MR) is 105 cm³/mol. The summed E-state index contributed by atoms with van der Waals surface area (Å²) in [7, 11) is 0. The molecule has 0 fully saturated rings. The fourth-order valence-electron chi connectivity index (χ4n) is 2.83. The van der Waals surface area contributed by atoms with Gasteiger partial charge in [-0.3, -0.25) is 9.59 Å². The van der Waals surface area contributed by atoms with E-state index in [2.05, 4.69) is 5.32 Å². The zero-order valence-corrected chi connectivity index (χ0v) is 15.4. The Bertz CT molecular complexity index is 983. The summed E-state index contributed by atoms with van der Waals surface area (Å²) in [6.45, 7) is 2.77. The van der Waals surface area contributed by atoms with Crippen LogP contribution in [-0.4, -0.2) is 18.3 Å². The Balaban J connectivity index is 1.76. The Hall–Kier alpha value is -3.47. The largest absolute Gasteiger partial charge is 0.494 e. The van der Waals surface area contributed by atoms with Crippen molar-refractivity contribution in [2.24, 2.45) is 0 Å². The Morgan fingerprint density at radius 2 is 1.64 bits per heavy atom. The van der Waals surface area contributed by atoms with Gasteiger partial charge in [0.2, 0.25) is 0 Å². The van der Waals surface area contributed by atoms with Gasteiger partial charge in [-0.15, -0.1) is 0 Å². The Labute approximate surface area is 163 Å². The molecule has 0 spiro atoms. The van der Waals surface area contributed by atoms with Crippen molar-refractivity contribution < 1.29 is 18.7 Å². The lowest BCUT2D eigenvalue weighted by atomic mass is 9.98. The van der Waals surface area contributed by atoms with Crippen LogP contribution < -0.4 is 10.1 Å². The van der Waals surface area contributed by atoms with E-state index < -0.39 is 5.82 Å². The van der Waals surface area contributed by atoms with Gasteiger partial charge in [0.05, 0.1) is 12.2 Å². The minimum absolute atomic E-state index is 0.273. The number of hydrogen-bond acceptors (Lipinski definition) is 3. The number of halogens is 1. The highest BCUT2D eigenvalue weighted by Gasteiger charge is 2.18. The highest BCUT2D eigenvalue weighted by atomic mass is 19.1. The number of carbonyl (C=O) groups is 2. The monoisotopic (exact) mass is 377 g/mol. The zero-order valence-electron chi connectivity index (χ0n) is 15.4. The van der Waals surface area contributed by atoms with E-state index in [1.54, 1.807) is 24.3 Å². The molecule has 142 valence electrons. The number of ketones is 1.